The van der Waals surface area contributed by atoms with Crippen molar-refractivity contribution < 1.29 is 0 Å². The molecule has 0 bridgehead atoms. The Morgan fingerprint density at radius 3 is 1.42 bits per heavy atom. The molecule has 2 rings (SSSR count). The summed E-state index contributed by atoms with van der Waals surface area (Å²) in [5, 5.41) is 6.44. The second-order valence-electron chi connectivity index (χ2n) is 2.65. The summed E-state index contributed by atoms with van der Waals surface area (Å²) in [5.41, 5.74) is 0. The van der Waals surface area contributed by atoms with E-state index in [9.17, 15) is 0 Å². The molecule has 0 unspecified atom stereocenters. The Morgan fingerprint density at radius 2 is 1.25 bits per heavy atom. The zero-order valence-corrected chi connectivity index (χ0v) is 7.29. The topological polar surface area (TPSA) is 24.1 Å². The molecule has 1 aromatic rings. The van der Waals surface area contributed by atoms with Gasteiger partial charge in [-0.25, -0.2) is 0 Å². The minimum absolute atomic E-state index is 1.14. The zero-order chi connectivity index (χ0) is 8.49. The molecule has 0 aliphatic carbocycles. The van der Waals surface area contributed by atoms with Crippen LogP contribution in [-0.2, 0) is 0 Å². The quantitative estimate of drug-likeness (QED) is 0.569. The maximum atomic E-state index is 3.22. The van der Waals surface area contributed by atoms with Gasteiger partial charge in [0, 0.05) is 26.2 Å². The molecule has 2 nitrogen and oxygen atoms in total. The Bertz CT molecular complexity index is 137. The Morgan fingerprint density at radius 1 is 0.750 bits per heavy atom. The molecule has 3 heteroatoms. The third-order valence-corrected chi connectivity index (χ3v) is 1.62. The summed E-state index contributed by atoms with van der Waals surface area (Å²) < 4.78 is 0. The van der Waals surface area contributed by atoms with Gasteiger partial charge < -0.3 is 10.6 Å². The molecule has 0 amide bonds. The number of rotatable bonds is 0. The van der Waals surface area contributed by atoms with E-state index < -0.39 is 0 Å². The van der Waals surface area contributed by atoms with Crippen LogP contribution in [0, 0.1) is 0 Å². The zero-order valence-electron chi connectivity index (χ0n) is 7.29. The van der Waals surface area contributed by atoms with Gasteiger partial charge >= 0.3 is 37.0 Å². The van der Waals surface area contributed by atoms with Crippen LogP contribution in [0.1, 0.15) is 0 Å². The number of hydrogen-bond acceptors (Lipinski definition) is 2. The van der Waals surface area contributed by atoms with Crippen LogP contribution in [0.15, 0.2) is 30.1 Å². The summed E-state index contributed by atoms with van der Waals surface area (Å²) in [7, 11) is 0. The van der Waals surface area contributed by atoms with E-state index >= 15 is 0 Å². The van der Waals surface area contributed by atoms with E-state index in [1.165, 1.54) is 0 Å². The molecule has 1 saturated heterocycles. The first-order chi connectivity index (χ1) is 6.00. The number of hydrogen-bond donors (Lipinski definition) is 2. The summed E-state index contributed by atoms with van der Waals surface area (Å²) in [6.45, 7) is 6.56. The molecule has 2 N–H and O–H groups in total. The number of nitrogens with one attached hydrogen (secondary N) is 2. The van der Waals surface area contributed by atoms with Crippen molar-refractivity contribution in [3.63, 3.8) is 0 Å². The predicted molar refractivity (Wildman–Crippen MR) is 53.5 cm³/mol. The van der Waals surface area contributed by atoms with Gasteiger partial charge in [-0.1, -0.05) is 0 Å². The maximum absolute atomic E-state index is 3.22. The van der Waals surface area contributed by atoms with Crippen LogP contribution in [-0.4, -0.2) is 33.1 Å². The molecule has 1 aliphatic heterocycles. The average molecular weight is 162 g/mol. The third-order valence-electron chi connectivity index (χ3n) is 1.62. The van der Waals surface area contributed by atoms with Crippen molar-refractivity contribution in [1.29, 1.82) is 0 Å². The van der Waals surface area contributed by atoms with E-state index in [-0.39, 0.29) is 0 Å². The van der Waals surface area contributed by atoms with Gasteiger partial charge in [0.15, 0.2) is 0 Å². The predicted octanol–water partition coefficient (Wildman–Crippen LogP) is 0.204. The normalized spacial score (nSPS) is 15.7. The van der Waals surface area contributed by atoms with Gasteiger partial charge in [-0.05, 0) is 0 Å². The van der Waals surface area contributed by atoms with Crippen LogP contribution in [0.5, 0.6) is 0 Å². The molecule has 12 heavy (non-hydrogen) atoms. The van der Waals surface area contributed by atoms with Crippen molar-refractivity contribution in [3.8, 4) is 0 Å². The molecule has 0 aromatic carbocycles. The molecule has 0 atom stereocenters. The minimum atomic E-state index is 1.14. The van der Waals surface area contributed by atoms with Gasteiger partial charge in [-0.15, -0.1) is 0 Å². The monoisotopic (exact) mass is 162 g/mol. The molecule has 1 fully saturated rings. The molecular formula is C9H15BN2. The summed E-state index contributed by atoms with van der Waals surface area (Å²) in [6.07, 6.45) is 0. The van der Waals surface area contributed by atoms with E-state index in [1.807, 2.05) is 37.0 Å². The molecule has 0 saturated carbocycles. The molecule has 2 heterocycles. The fourth-order valence-electron chi connectivity index (χ4n) is 0.988. The van der Waals surface area contributed by atoms with Crippen LogP contribution in [0.25, 0.3) is 0 Å². The summed E-state index contributed by atoms with van der Waals surface area (Å²) >= 11 is 0. The summed E-state index contributed by atoms with van der Waals surface area (Å²) in [5.74, 6) is 4.00. The van der Waals surface area contributed by atoms with E-state index in [0.717, 1.165) is 26.2 Å². The van der Waals surface area contributed by atoms with E-state index in [2.05, 4.69) is 10.6 Å². The average Bonchev–Trinajstić information content (AvgIpc) is 2.24. The molecule has 1 aliphatic rings. The molecular weight excluding hydrogens is 147 g/mol. The summed E-state index contributed by atoms with van der Waals surface area (Å²) in [4.78, 5) is 0. The first-order valence-corrected chi connectivity index (χ1v) is 4.41. The standard InChI is InChI=1S/C5H5B.C4H10N2/c1-2-4-6-5-3-1;1-2-6-4-3-5-1/h1-5H;5-6H,1-4H2. The molecule has 64 valence electrons. The SMILES string of the molecule is C1CNCCN1.b1ccccc1. The second kappa shape index (κ2) is 7.01. The van der Waals surface area contributed by atoms with Crippen LogP contribution >= 0.6 is 0 Å². The van der Waals surface area contributed by atoms with Gasteiger partial charge in [0.2, 0.25) is 0 Å². The van der Waals surface area contributed by atoms with Crippen LogP contribution in [0.4, 0.5) is 0 Å². The first-order valence-electron chi connectivity index (χ1n) is 4.41. The van der Waals surface area contributed by atoms with Gasteiger partial charge in [0.05, 0.1) is 0 Å². The molecule has 0 radical (unpaired) electrons. The van der Waals surface area contributed by atoms with Crippen molar-refractivity contribution >= 4 is 6.91 Å². The van der Waals surface area contributed by atoms with Crippen LogP contribution in [0.3, 0.4) is 0 Å². The number of piperazine rings is 1. The van der Waals surface area contributed by atoms with Gasteiger partial charge in [0.1, 0.15) is 0 Å². The van der Waals surface area contributed by atoms with Crippen molar-refractivity contribution in [3.05, 3.63) is 30.1 Å². The third kappa shape index (κ3) is 5.05. The first kappa shape index (κ1) is 9.42. The van der Waals surface area contributed by atoms with Gasteiger partial charge in [-0.2, -0.15) is 0 Å². The van der Waals surface area contributed by atoms with Gasteiger partial charge in [-0.3, -0.25) is 0 Å². The van der Waals surface area contributed by atoms with E-state index in [1.54, 1.807) is 0 Å². The molecule has 1 aromatic heterocycles. The Hall–Kier alpha value is -0.665. The van der Waals surface area contributed by atoms with E-state index in [0.29, 0.717) is 0 Å². The van der Waals surface area contributed by atoms with Crippen LogP contribution in [0.2, 0.25) is 0 Å². The van der Waals surface area contributed by atoms with Crippen molar-refractivity contribution in [2.24, 2.45) is 0 Å². The molecule has 0 spiro atoms. The Balaban J connectivity index is 0.000000120. The summed E-state index contributed by atoms with van der Waals surface area (Å²) in [6, 6.07) is 6.00. The van der Waals surface area contributed by atoms with Crippen molar-refractivity contribution in [1.82, 2.24) is 10.6 Å². The van der Waals surface area contributed by atoms with Gasteiger partial charge in [0.25, 0.3) is 0 Å². The van der Waals surface area contributed by atoms with E-state index in [4.69, 9.17) is 0 Å². The fourth-order valence-corrected chi connectivity index (χ4v) is 0.988. The second-order valence-corrected chi connectivity index (χ2v) is 2.65. The Kier molecular flexibility index (Phi) is 5.50. The fraction of sp³-hybridized carbons (Fsp3) is 0.444. The Labute approximate surface area is 74.6 Å². The van der Waals surface area contributed by atoms with Crippen molar-refractivity contribution in [2.45, 2.75) is 0 Å². The van der Waals surface area contributed by atoms with Crippen molar-refractivity contribution in [2.75, 3.05) is 26.2 Å². The van der Waals surface area contributed by atoms with Crippen LogP contribution < -0.4 is 10.6 Å².